The lowest BCUT2D eigenvalue weighted by Crippen LogP contribution is -2.52. The topological polar surface area (TPSA) is 114 Å². The lowest BCUT2D eigenvalue weighted by molar-refractivity contribution is -0.119. The smallest absolute Gasteiger partial charge is 0.270 e. The lowest BCUT2D eigenvalue weighted by atomic mass is 9.75. The number of halogens is 2. The summed E-state index contributed by atoms with van der Waals surface area (Å²) in [5.74, 6) is -3.44. The normalized spacial score (nSPS) is 17.5. The molecular weight excluding hydrogens is 542 g/mol. The maximum atomic E-state index is 14.9. The lowest BCUT2D eigenvalue weighted by Gasteiger charge is -2.38. The minimum absolute atomic E-state index is 0.0894. The summed E-state index contributed by atoms with van der Waals surface area (Å²) >= 11 is 0. The average Bonchev–Trinajstić information content (AvgIpc) is 3.36. The Labute approximate surface area is 241 Å². The Morgan fingerprint density at radius 3 is 2.50 bits per heavy atom. The van der Waals surface area contributed by atoms with Gasteiger partial charge in [0, 0.05) is 52.1 Å². The van der Waals surface area contributed by atoms with Crippen LogP contribution in [0.5, 0.6) is 5.75 Å². The Morgan fingerprint density at radius 2 is 1.86 bits per heavy atom. The fraction of sp³-hybridized carbons (Fsp3) is 0.355. The van der Waals surface area contributed by atoms with Gasteiger partial charge in [0.1, 0.15) is 17.6 Å². The van der Waals surface area contributed by atoms with E-state index in [1.165, 1.54) is 12.3 Å². The summed E-state index contributed by atoms with van der Waals surface area (Å²) < 4.78 is 36.7. The molecule has 0 saturated heterocycles. The highest BCUT2D eigenvalue weighted by Crippen LogP contribution is 2.61. The molecule has 2 aliphatic rings. The summed E-state index contributed by atoms with van der Waals surface area (Å²) in [5, 5.41) is 17.3. The second kappa shape index (κ2) is 10.4. The third-order valence-electron chi connectivity index (χ3n) is 8.29. The van der Waals surface area contributed by atoms with Crippen LogP contribution in [0.4, 0.5) is 14.5 Å². The first-order valence-corrected chi connectivity index (χ1v) is 14.0. The zero-order chi connectivity index (χ0) is 29.8. The van der Waals surface area contributed by atoms with Crippen LogP contribution in [0.1, 0.15) is 66.1 Å². The van der Waals surface area contributed by atoms with Crippen LogP contribution in [0.15, 0.2) is 48.7 Å². The molecule has 6 rings (SSSR count). The molecule has 2 aromatic heterocycles. The Bertz CT molecular complexity index is 1650. The number of fused-ring (bicyclic) bond motifs is 1. The molecule has 1 spiro atoms. The molecule has 9 nitrogen and oxygen atoms in total. The van der Waals surface area contributed by atoms with Crippen LogP contribution in [0, 0.1) is 30.9 Å². The molecule has 11 heteroatoms. The van der Waals surface area contributed by atoms with E-state index in [-0.39, 0.29) is 29.7 Å². The van der Waals surface area contributed by atoms with Gasteiger partial charge < -0.3 is 15.4 Å². The largest absolute Gasteiger partial charge is 0.490 e. The van der Waals surface area contributed by atoms with Crippen molar-refractivity contribution in [3.05, 3.63) is 82.9 Å². The van der Waals surface area contributed by atoms with Gasteiger partial charge >= 0.3 is 0 Å². The number of carbonyl (C=O) groups excluding carboxylic acids is 2. The molecule has 0 bridgehead atoms. The molecule has 42 heavy (non-hydrogen) atoms. The van der Waals surface area contributed by atoms with Crippen LogP contribution in [0.2, 0.25) is 0 Å². The number of ether oxygens (including phenoxy) is 1. The number of benzene rings is 2. The van der Waals surface area contributed by atoms with Gasteiger partial charge in [0.2, 0.25) is 5.91 Å². The molecule has 218 valence electrons. The number of hydrogen-bond donors (Lipinski definition) is 3. The first kappa shape index (κ1) is 27.6. The third-order valence-corrected chi connectivity index (χ3v) is 8.29. The Morgan fingerprint density at radius 1 is 1.12 bits per heavy atom. The zero-order valence-corrected chi connectivity index (χ0v) is 23.8. The number of hydrogen-bond acceptors (Lipinski definition) is 5. The standard InChI is InChI=1S/C31H32F2N6O3/c1-16(2)39-24(9-12-34-39)29(40)36-27(26-22-13-20(32)14-23(33)28(22)42-15-31(26)10-11-31)30(41)35-21-7-5-19(6-8-21)25-17(3)37-38-18(25)4/h5-9,12-14,16,26-27H,10-11,15H2,1-4H3,(H,35,41)(H,36,40)(H,37,38). The maximum absolute atomic E-state index is 14.9. The van der Waals surface area contributed by atoms with Crippen molar-refractivity contribution in [2.45, 2.75) is 58.5 Å². The highest BCUT2D eigenvalue weighted by Gasteiger charge is 2.58. The molecule has 3 N–H and O–H groups in total. The molecule has 2 atom stereocenters. The van der Waals surface area contributed by atoms with Crippen molar-refractivity contribution < 1.29 is 23.1 Å². The molecule has 1 fully saturated rings. The van der Waals surface area contributed by atoms with Crippen molar-refractivity contribution in [1.29, 1.82) is 0 Å². The molecule has 1 aliphatic carbocycles. The van der Waals surface area contributed by atoms with E-state index in [4.69, 9.17) is 4.74 Å². The van der Waals surface area contributed by atoms with E-state index in [1.807, 2.05) is 39.8 Å². The van der Waals surface area contributed by atoms with Crippen LogP contribution in [0.25, 0.3) is 11.1 Å². The summed E-state index contributed by atoms with van der Waals surface area (Å²) in [6.07, 6.45) is 2.90. The number of carbonyl (C=O) groups is 2. The number of H-pyrrole nitrogens is 1. The molecule has 1 aliphatic heterocycles. The number of nitrogens with one attached hydrogen (secondary N) is 3. The van der Waals surface area contributed by atoms with Crippen molar-refractivity contribution in [2.24, 2.45) is 5.41 Å². The van der Waals surface area contributed by atoms with E-state index in [0.717, 1.165) is 28.6 Å². The van der Waals surface area contributed by atoms with Crippen LogP contribution in [-0.2, 0) is 4.79 Å². The van der Waals surface area contributed by atoms with Crippen molar-refractivity contribution in [1.82, 2.24) is 25.3 Å². The first-order chi connectivity index (χ1) is 20.1. The van der Waals surface area contributed by atoms with E-state index in [9.17, 15) is 18.4 Å². The molecule has 1 saturated carbocycles. The van der Waals surface area contributed by atoms with Gasteiger partial charge in [0.25, 0.3) is 5.91 Å². The number of amides is 2. The average molecular weight is 575 g/mol. The van der Waals surface area contributed by atoms with E-state index in [2.05, 4.69) is 25.9 Å². The van der Waals surface area contributed by atoms with Gasteiger partial charge in [-0.1, -0.05) is 12.1 Å². The van der Waals surface area contributed by atoms with Crippen LogP contribution >= 0.6 is 0 Å². The fourth-order valence-electron chi connectivity index (χ4n) is 6.09. The predicted molar refractivity (Wildman–Crippen MR) is 152 cm³/mol. The minimum atomic E-state index is -1.16. The number of anilines is 1. The Hall–Kier alpha value is -4.54. The second-order valence-electron chi connectivity index (χ2n) is 11.5. The maximum Gasteiger partial charge on any atom is 0.270 e. The first-order valence-electron chi connectivity index (χ1n) is 14.0. The van der Waals surface area contributed by atoms with E-state index in [1.54, 1.807) is 22.9 Å². The Balaban J connectivity index is 1.36. The number of aromatic nitrogens is 4. The number of nitrogens with zero attached hydrogens (tertiary/aromatic N) is 3. The summed E-state index contributed by atoms with van der Waals surface area (Å²) in [6.45, 7) is 7.80. The van der Waals surface area contributed by atoms with Crippen LogP contribution in [0.3, 0.4) is 0 Å². The van der Waals surface area contributed by atoms with E-state index < -0.39 is 40.8 Å². The van der Waals surface area contributed by atoms with E-state index >= 15 is 0 Å². The quantitative estimate of drug-likeness (QED) is 0.272. The summed E-state index contributed by atoms with van der Waals surface area (Å²) in [7, 11) is 0. The van der Waals surface area contributed by atoms with Crippen molar-refractivity contribution in [2.75, 3.05) is 11.9 Å². The minimum Gasteiger partial charge on any atom is -0.490 e. The molecule has 2 amide bonds. The van der Waals surface area contributed by atoms with Gasteiger partial charge in [-0.3, -0.25) is 19.4 Å². The molecule has 2 unspecified atom stereocenters. The van der Waals surface area contributed by atoms with Gasteiger partial charge in [-0.25, -0.2) is 8.78 Å². The molecular formula is C31H32F2N6O3. The Kier molecular flexibility index (Phi) is 6.83. The fourth-order valence-corrected chi connectivity index (χ4v) is 6.09. The van der Waals surface area contributed by atoms with Crippen LogP contribution < -0.4 is 15.4 Å². The van der Waals surface area contributed by atoms with Crippen LogP contribution in [-0.4, -0.2) is 44.4 Å². The zero-order valence-electron chi connectivity index (χ0n) is 23.8. The molecule has 0 radical (unpaired) electrons. The molecule has 2 aromatic carbocycles. The van der Waals surface area contributed by atoms with Gasteiger partial charge in [-0.05, 0) is 70.4 Å². The highest BCUT2D eigenvalue weighted by atomic mass is 19.1. The van der Waals surface area contributed by atoms with Crippen molar-refractivity contribution in [3.63, 3.8) is 0 Å². The summed E-state index contributed by atoms with van der Waals surface area (Å²) in [6, 6.07) is 9.60. The monoisotopic (exact) mass is 574 g/mol. The SMILES string of the molecule is Cc1n[nH]c(C)c1-c1ccc(NC(=O)C(NC(=O)c2ccnn2C(C)C)C2c3cc(F)cc(F)c3OCC23CC3)cc1. The van der Waals surface area contributed by atoms with E-state index in [0.29, 0.717) is 18.5 Å². The van der Waals surface area contributed by atoms with Gasteiger partial charge in [0.05, 0.1) is 12.3 Å². The van der Waals surface area contributed by atoms with Gasteiger partial charge in [-0.15, -0.1) is 0 Å². The predicted octanol–water partition coefficient (Wildman–Crippen LogP) is 5.44. The van der Waals surface area contributed by atoms with Crippen molar-refractivity contribution in [3.8, 4) is 16.9 Å². The third kappa shape index (κ3) is 4.82. The highest BCUT2D eigenvalue weighted by molar-refractivity contribution is 6.01. The number of aryl methyl sites for hydroxylation is 2. The number of rotatable bonds is 7. The van der Waals surface area contributed by atoms with Gasteiger partial charge in [0.15, 0.2) is 11.6 Å². The number of aromatic amines is 1. The second-order valence-corrected chi connectivity index (χ2v) is 11.5. The summed E-state index contributed by atoms with van der Waals surface area (Å²) in [5.41, 5.74) is 4.19. The van der Waals surface area contributed by atoms with Crippen molar-refractivity contribution >= 4 is 17.5 Å². The molecule has 3 heterocycles. The van der Waals surface area contributed by atoms with Gasteiger partial charge in [-0.2, -0.15) is 10.2 Å². The molecule has 4 aromatic rings. The summed E-state index contributed by atoms with van der Waals surface area (Å²) in [4.78, 5) is 27.7.